The number of aromatic nitrogens is 1. The first kappa shape index (κ1) is 14.4. The van der Waals surface area contributed by atoms with E-state index in [0.29, 0.717) is 18.8 Å². The van der Waals surface area contributed by atoms with Crippen LogP contribution in [0.25, 0.3) is 0 Å². The van der Waals surface area contributed by atoms with Gasteiger partial charge in [-0.3, -0.25) is 14.3 Å². The monoisotopic (exact) mass is 272 g/mol. The SMILES string of the molecule is CC(CCNc1cc([N+](=O)[O-])cc(N)n1)S(C)=O. The molecule has 0 aliphatic heterocycles. The number of nitro groups is 1. The van der Waals surface area contributed by atoms with Crippen molar-refractivity contribution in [3.63, 3.8) is 0 Å². The lowest BCUT2D eigenvalue weighted by Crippen LogP contribution is -2.15. The van der Waals surface area contributed by atoms with E-state index in [2.05, 4.69) is 10.3 Å². The van der Waals surface area contributed by atoms with E-state index in [0.717, 1.165) is 0 Å². The summed E-state index contributed by atoms with van der Waals surface area (Å²) < 4.78 is 11.1. The number of nitrogens with two attached hydrogens (primary N) is 1. The molecule has 0 aromatic carbocycles. The van der Waals surface area contributed by atoms with Crippen LogP contribution in [-0.4, -0.2) is 32.2 Å². The van der Waals surface area contributed by atoms with Gasteiger partial charge in [-0.1, -0.05) is 6.92 Å². The van der Waals surface area contributed by atoms with E-state index in [1.165, 1.54) is 12.1 Å². The van der Waals surface area contributed by atoms with Crippen LogP contribution < -0.4 is 11.1 Å². The van der Waals surface area contributed by atoms with Crippen LogP contribution >= 0.6 is 0 Å². The maximum Gasteiger partial charge on any atom is 0.276 e. The minimum absolute atomic E-state index is 0.0635. The summed E-state index contributed by atoms with van der Waals surface area (Å²) in [6.45, 7) is 2.42. The van der Waals surface area contributed by atoms with Crippen molar-refractivity contribution in [2.24, 2.45) is 0 Å². The lowest BCUT2D eigenvalue weighted by Gasteiger charge is -2.09. The van der Waals surface area contributed by atoms with Gasteiger partial charge < -0.3 is 11.1 Å². The Morgan fingerprint density at radius 3 is 2.83 bits per heavy atom. The Balaban J connectivity index is 2.62. The maximum absolute atomic E-state index is 11.1. The van der Waals surface area contributed by atoms with Gasteiger partial charge in [-0.15, -0.1) is 0 Å². The molecule has 7 nitrogen and oxygen atoms in total. The highest BCUT2D eigenvalue weighted by Crippen LogP contribution is 2.18. The number of rotatable bonds is 6. The number of hydrogen-bond acceptors (Lipinski definition) is 6. The van der Waals surface area contributed by atoms with E-state index in [1.807, 2.05) is 6.92 Å². The Labute approximate surface area is 107 Å². The summed E-state index contributed by atoms with van der Waals surface area (Å²) in [4.78, 5) is 14.1. The molecule has 18 heavy (non-hydrogen) atoms. The van der Waals surface area contributed by atoms with Crippen molar-refractivity contribution in [2.45, 2.75) is 18.6 Å². The highest BCUT2D eigenvalue weighted by atomic mass is 32.2. The summed E-state index contributed by atoms with van der Waals surface area (Å²) in [6, 6.07) is 2.53. The van der Waals surface area contributed by atoms with Crippen LogP contribution in [0.15, 0.2) is 12.1 Å². The van der Waals surface area contributed by atoms with Crippen molar-refractivity contribution in [1.82, 2.24) is 4.98 Å². The lowest BCUT2D eigenvalue weighted by molar-refractivity contribution is -0.384. The lowest BCUT2D eigenvalue weighted by atomic mass is 10.3. The van der Waals surface area contributed by atoms with Crippen molar-refractivity contribution in [3.8, 4) is 0 Å². The highest BCUT2D eigenvalue weighted by molar-refractivity contribution is 7.84. The molecular formula is C10H16N4O3S. The first-order chi connectivity index (χ1) is 8.40. The Morgan fingerprint density at radius 2 is 2.28 bits per heavy atom. The molecule has 2 atom stereocenters. The highest BCUT2D eigenvalue weighted by Gasteiger charge is 2.10. The van der Waals surface area contributed by atoms with Crippen LogP contribution in [0, 0.1) is 10.1 Å². The first-order valence-corrected chi connectivity index (χ1v) is 7.00. The number of nitrogens with one attached hydrogen (secondary N) is 1. The van der Waals surface area contributed by atoms with Crippen LogP contribution in [0.2, 0.25) is 0 Å². The first-order valence-electron chi connectivity index (χ1n) is 5.38. The van der Waals surface area contributed by atoms with Crippen LogP contribution in [0.4, 0.5) is 17.3 Å². The van der Waals surface area contributed by atoms with E-state index >= 15 is 0 Å². The average molecular weight is 272 g/mol. The fraction of sp³-hybridized carbons (Fsp3) is 0.500. The van der Waals surface area contributed by atoms with E-state index in [1.54, 1.807) is 6.26 Å². The summed E-state index contributed by atoms with van der Waals surface area (Å²) in [6.07, 6.45) is 2.33. The zero-order valence-corrected chi connectivity index (χ0v) is 11.1. The molecule has 0 spiro atoms. The molecule has 0 saturated heterocycles. The molecule has 3 N–H and O–H groups in total. The largest absolute Gasteiger partial charge is 0.383 e. The van der Waals surface area contributed by atoms with Gasteiger partial charge in [-0.2, -0.15) is 0 Å². The second-order valence-corrected chi connectivity index (χ2v) is 5.72. The quantitative estimate of drug-likeness (QED) is 0.593. The molecule has 0 bridgehead atoms. The van der Waals surface area contributed by atoms with Gasteiger partial charge >= 0.3 is 0 Å². The van der Waals surface area contributed by atoms with Gasteiger partial charge in [0.25, 0.3) is 5.69 Å². The zero-order valence-electron chi connectivity index (χ0n) is 10.3. The average Bonchev–Trinajstić information content (AvgIpc) is 2.27. The van der Waals surface area contributed by atoms with Gasteiger partial charge in [0.1, 0.15) is 11.6 Å². The molecular weight excluding hydrogens is 256 g/mol. The Bertz CT molecular complexity index is 466. The predicted molar refractivity (Wildman–Crippen MR) is 71.9 cm³/mol. The number of pyridine rings is 1. The summed E-state index contributed by atoms with van der Waals surface area (Å²) in [5, 5.41) is 13.6. The summed E-state index contributed by atoms with van der Waals surface area (Å²) in [7, 11) is -0.878. The number of nitrogen functional groups attached to an aromatic ring is 1. The minimum atomic E-state index is -0.878. The summed E-state index contributed by atoms with van der Waals surface area (Å²) in [5.41, 5.74) is 5.37. The molecule has 2 unspecified atom stereocenters. The Hall–Kier alpha value is -1.70. The van der Waals surface area contributed by atoms with Gasteiger partial charge in [0.05, 0.1) is 17.1 Å². The van der Waals surface area contributed by atoms with E-state index in [4.69, 9.17) is 5.73 Å². The molecule has 0 fully saturated rings. The van der Waals surface area contributed by atoms with Crippen LogP contribution in [0.1, 0.15) is 13.3 Å². The summed E-state index contributed by atoms with van der Waals surface area (Å²) >= 11 is 0. The molecule has 1 rings (SSSR count). The molecule has 0 amide bonds. The molecule has 0 aliphatic carbocycles. The van der Waals surface area contributed by atoms with Crippen molar-refractivity contribution in [1.29, 1.82) is 0 Å². The molecule has 8 heteroatoms. The van der Waals surface area contributed by atoms with E-state index < -0.39 is 15.7 Å². The van der Waals surface area contributed by atoms with Gasteiger partial charge in [-0.25, -0.2) is 4.98 Å². The van der Waals surface area contributed by atoms with Gasteiger partial charge in [0.2, 0.25) is 0 Å². The van der Waals surface area contributed by atoms with Gasteiger partial charge in [0, 0.05) is 28.9 Å². The van der Waals surface area contributed by atoms with Crippen LogP contribution in [-0.2, 0) is 10.8 Å². The molecule has 0 aliphatic rings. The third kappa shape index (κ3) is 4.28. The van der Waals surface area contributed by atoms with Crippen molar-refractivity contribution < 1.29 is 9.13 Å². The Morgan fingerprint density at radius 1 is 1.61 bits per heavy atom. The molecule has 0 radical (unpaired) electrons. The second-order valence-electron chi connectivity index (χ2n) is 3.92. The van der Waals surface area contributed by atoms with Crippen molar-refractivity contribution >= 4 is 28.1 Å². The number of nitrogens with zero attached hydrogens (tertiary/aromatic N) is 2. The predicted octanol–water partition coefficient (Wildman–Crippen LogP) is 1.14. The van der Waals surface area contributed by atoms with Crippen LogP contribution in [0.5, 0.6) is 0 Å². The van der Waals surface area contributed by atoms with Gasteiger partial charge in [0.15, 0.2) is 0 Å². The third-order valence-electron chi connectivity index (χ3n) is 2.46. The molecule has 1 heterocycles. The van der Waals surface area contributed by atoms with Crippen molar-refractivity contribution in [3.05, 3.63) is 22.2 Å². The topological polar surface area (TPSA) is 111 Å². The normalized spacial score (nSPS) is 13.9. The standard InChI is InChI=1S/C10H16N4O3S/c1-7(18(2)17)3-4-12-10-6-8(14(15)16)5-9(11)13-10/h5-7H,3-4H2,1-2H3,(H3,11,12,13). The fourth-order valence-corrected chi connectivity index (χ4v) is 1.75. The second kappa shape index (κ2) is 6.29. The van der Waals surface area contributed by atoms with E-state index in [9.17, 15) is 14.3 Å². The van der Waals surface area contributed by atoms with E-state index in [-0.39, 0.29) is 16.8 Å². The zero-order chi connectivity index (χ0) is 13.7. The Kier molecular flexibility index (Phi) is 5.02. The molecule has 1 aromatic heterocycles. The molecule has 0 saturated carbocycles. The maximum atomic E-state index is 11.1. The third-order valence-corrected chi connectivity index (χ3v) is 3.83. The fourth-order valence-electron chi connectivity index (χ4n) is 1.30. The number of hydrogen-bond donors (Lipinski definition) is 2. The minimum Gasteiger partial charge on any atom is -0.383 e. The van der Waals surface area contributed by atoms with Gasteiger partial charge in [-0.05, 0) is 6.42 Å². The summed E-state index contributed by atoms with van der Waals surface area (Å²) in [5.74, 6) is 0.453. The molecule has 100 valence electrons. The van der Waals surface area contributed by atoms with Crippen molar-refractivity contribution in [2.75, 3.05) is 23.9 Å². The smallest absolute Gasteiger partial charge is 0.276 e. The van der Waals surface area contributed by atoms with Crippen LogP contribution in [0.3, 0.4) is 0 Å². The molecule has 1 aromatic rings. The number of anilines is 2.